The maximum atomic E-state index is 12.7. The van der Waals surface area contributed by atoms with E-state index in [1.807, 2.05) is 0 Å². The first kappa shape index (κ1) is 31.4. The quantitative estimate of drug-likeness (QED) is 0.205. The number of nitrogens with one attached hydrogen (secondary N) is 2. The molecule has 1 unspecified atom stereocenters. The van der Waals surface area contributed by atoms with Gasteiger partial charge in [0.1, 0.15) is 0 Å². The van der Waals surface area contributed by atoms with Gasteiger partial charge in [0.15, 0.2) is 0 Å². The minimum Gasteiger partial charge on any atom is -0.478 e. The van der Waals surface area contributed by atoms with Gasteiger partial charge in [-0.05, 0) is 57.2 Å². The van der Waals surface area contributed by atoms with Gasteiger partial charge in [-0.3, -0.25) is 9.59 Å². The Kier molecular flexibility index (Phi) is 11.8. The fourth-order valence-electron chi connectivity index (χ4n) is 3.33. The van der Waals surface area contributed by atoms with Crippen molar-refractivity contribution in [2.45, 2.75) is 26.9 Å². The monoisotopic (exact) mass is 558 g/mol. The van der Waals surface area contributed by atoms with Crippen LogP contribution in [0.1, 0.15) is 82.9 Å². The van der Waals surface area contributed by atoms with Crippen LogP contribution in [0.4, 0.5) is 0 Å². The van der Waals surface area contributed by atoms with Crippen LogP contribution in [0, 0.1) is 0 Å². The van der Waals surface area contributed by atoms with E-state index in [0.717, 1.165) is 18.2 Å². The predicted molar refractivity (Wildman–Crippen MR) is 138 cm³/mol. The van der Waals surface area contributed by atoms with Gasteiger partial charge < -0.3 is 35.1 Å². The average Bonchev–Trinajstić information content (AvgIpc) is 2.94. The second-order valence-corrected chi connectivity index (χ2v) is 8.14. The summed E-state index contributed by atoms with van der Waals surface area (Å²) < 4.78 is 14.7. The van der Waals surface area contributed by atoms with Crippen molar-refractivity contribution < 1.29 is 53.2 Å². The number of carboxylic acid groups (broad SMARTS) is 1. The molecule has 2 aromatic carbocycles. The van der Waals surface area contributed by atoms with Crippen LogP contribution in [0.25, 0.3) is 0 Å². The number of aliphatic hydroxyl groups is 1. The summed E-state index contributed by atoms with van der Waals surface area (Å²) in [5.41, 5.74) is -0.752. The smallest absolute Gasteiger partial charge is 0.338 e. The Labute approximate surface area is 229 Å². The van der Waals surface area contributed by atoms with Crippen molar-refractivity contribution in [3.05, 3.63) is 69.8 Å². The molecule has 214 valence electrons. The van der Waals surface area contributed by atoms with E-state index < -0.39 is 41.8 Å². The molecule has 0 bridgehead atoms. The maximum absolute atomic E-state index is 12.7. The largest absolute Gasteiger partial charge is 0.478 e. The van der Waals surface area contributed by atoms with E-state index in [1.165, 1.54) is 18.2 Å². The molecule has 0 spiro atoms. The van der Waals surface area contributed by atoms with E-state index in [-0.39, 0.29) is 66.3 Å². The van der Waals surface area contributed by atoms with Gasteiger partial charge in [-0.1, -0.05) is 0 Å². The Balaban J connectivity index is 2.08. The zero-order valence-electron chi connectivity index (χ0n) is 22.1. The molecule has 0 fully saturated rings. The van der Waals surface area contributed by atoms with Gasteiger partial charge in [0, 0.05) is 24.2 Å². The minimum atomic E-state index is -1.36. The van der Waals surface area contributed by atoms with Crippen molar-refractivity contribution in [2.75, 3.05) is 32.9 Å². The molecule has 0 saturated carbocycles. The summed E-state index contributed by atoms with van der Waals surface area (Å²) >= 11 is 0. The van der Waals surface area contributed by atoms with Gasteiger partial charge >= 0.3 is 23.9 Å². The first-order chi connectivity index (χ1) is 19.0. The van der Waals surface area contributed by atoms with Crippen molar-refractivity contribution in [1.82, 2.24) is 10.6 Å². The highest BCUT2D eigenvalue weighted by atomic mass is 16.5. The van der Waals surface area contributed by atoms with Crippen LogP contribution in [0.15, 0.2) is 36.4 Å². The van der Waals surface area contributed by atoms with E-state index in [0.29, 0.717) is 0 Å². The average molecular weight is 559 g/mol. The second kappa shape index (κ2) is 15.0. The molecule has 0 aliphatic carbocycles. The van der Waals surface area contributed by atoms with Crippen molar-refractivity contribution in [1.29, 1.82) is 0 Å². The van der Waals surface area contributed by atoms with Crippen LogP contribution in [-0.2, 0) is 14.2 Å². The van der Waals surface area contributed by atoms with Gasteiger partial charge in [-0.15, -0.1) is 0 Å². The van der Waals surface area contributed by atoms with Crippen molar-refractivity contribution in [3.8, 4) is 0 Å². The minimum absolute atomic E-state index is 0.0452. The van der Waals surface area contributed by atoms with Crippen LogP contribution in [-0.4, -0.2) is 84.9 Å². The van der Waals surface area contributed by atoms with Gasteiger partial charge in [-0.2, -0.15) is 0 Å². The first-order valence-electron chi connectivity index (χ1n) is 12.3. The number of ether oxygens (including phenoxy) is 3. The van der Waals surface area contributed by atoms with Crippen LogP contribution in [0.5, 0.6) is 0 Å². The van der Waals surface area contributed by atoms with Gasteiger partial charge in [0.05, 0.1) is 48.2 Å². The first-order valence-corrected chi connectivity index (χ1v) is 12.3. The summed E-state index contributed by atoms with van der Waals surface area (Å²) in [5, 5.41) is 24.4. The molecule has 13 nitrogen and oxygen atoms in total. The molecule has 2 amide bonds. The van der Waals surface area contributed by atoms with Crippen LogP contribution in [0.3, 0.4) is 0 Å². The summed E-state index contributed by atoms with van der Waals surface area (Å²) in [6, 6.07) is 6.98. The number of carbonyl (C=O) groups excluding carboxylic acids is 5. The molecule has 1 atom stereocenters. The third kappa shape index (κ3) is 8.91. The number of carboxylic acids is 1. The molecule has 2 rings (SSSR count). The molecular weight excluding hydrogens is 528 g/mol. The molecule has 0 aliphatic rings. The molecule has 0 radical (unpaired) electrons. The Morgan fingerprint density at radius 1 is 0.600 bits per heavy atom. The molecule has 0 aliphatic heterocycles. The Bertz CT molecular complexity index is 1250. The molecule has 13 heteroatoms. The van der Waals surface area contributed by atoms with Gasteiger partial charge in [-0.25, -0.2) is 19.2 Å². The Hall–Kier alpha value is -4.78. The van der Waals surface area contributed by atoms with Crippen molar-refractivity contribution >= 4 is 35.7 Å². The topological polar surface area (TPSA) is 195 Å². The second-order valence-electron chi connectivity index (χ2n) is 8.14. The van der Waals surface area contributed by atoms with E-state index in [2.05, 4.69) is 10.6 Å². The molecule has 0 aromatic heterocycles. The number of amides is 2. The lowest BCUT2D eigenvalue weighted by molar-refractivity contribution is 0.0511. The zero-order chi connectivity index (χ0) is 29.8. The van der Waals surface area contributed by atoms with Gasteiger partial charge in [0.2, 0.25) is 0 Å². The SMILES string of the molecule is CCOC(=O)c1cc(C(=O)O)cc(C(=O)NCC(O)CNC(=O)c2cc(C(=O)OCC)cc(C(=O)OCC)c2)c1. The van der Waals surface area contributed by atoms with Crippen molar-refractivity contribution in [2.24, 2.45) is 0 Å². The molecular formula is C27H30N2O11. The Morgan fingerprint density at radius 2 is 0.900 bits per heavy atom. The highest BCUT2D eigenvalue weighted by Gasteiger charge is 2.20. The summed E-state index contributed by atoms with van der Waals surface area (Å²) in [5.74, 6) is -5.16. The number of aliphatic hydroxyl groups excluding tert-OH is 1. The lowest BCUT2D eigenvalue weighted by Crippen LogP contribution is -2.40. The third-order valence-electron chi connectivity index (χ3n) is 5.17. The highest BCUT2D eigenvalue weighted by Crippen LogP contribution is 2.15. The number of hydrogen-bond acceptors (Lipinski definition) is 10. The fraction of sp³-hybridized carbons (Fsp3) is 0.333. The standard InChI is InChI=1S/C27H30N2O11/c1-4-38-25(35)18-8-15(7-17(11-18)24(33)34)22(31)28-13-21(30)14-29-23(32)16-9-19(26(36)39-5-2)12-20(10-16)27(37)40-6-3/h7-12,21,30H,4-6,13-14H2,1-3H3,(H,28,31)(H,29,32)(H,33,34). The molecule has 2 aromatic rings. The van der Waals surface area contributed by atoms with Gasteiger partial charge in [0.25, 0.3) is 11.8 Å². The summed E-state index contributed by atoms with van der Waals surface area (Å²) in [6.45, 7) is 4.30. The van der Waals surface area contributed by atoms with Crippen molar-refractivity contribution in [3.63, 3.8) is 0 Å². The maximum Gasteiger partial charge on any atom is 0.338 e. The zero-order valence-corrected chi connectivity index (χ0v) is 22.1. The van der Waals surface area contributed by atoms with E-state index in [1.54, 1.807) is 20.8 Å². The number of aromatic carboxylic acids is 1. The van der Waals surface area contributed by atoms with Crippen LogP contribution in [0.2, 0.25) is 0 Å². The number of hydrogen-bond donors (Lipinski definition) is 4. The molecule has 0 saturated heterocycles. The predicted octanol–water partition coefficient (Wildman–Crippen LogP) is 1.44. The molecule has 40 heavy (non-hydrogen) atoms. The highest BCUT2D eigenvalue weighted by molar-refractivity contribution is 6.03. The van der Waals surface area contributed by atoms with E-state index in [4.69, 9.17) is 14.2 Å². The molecule has 4 N–H and O–H groups in total. The fourth-order valence-corrected chi connectivity index (χ4v) is 3.33. The lowest BCUT2D eigenvalue weighted by Gasteiger charge is -2.14. The third-order valence-corrected chi connectivity index (χ3v) is 5.17. The number of rotatable bonds is 13. The summed E-state index contributed by atoms with van der Waals surface area (Å²) in [4.78, 5) is 73.1. The summed E-state index contributed by atoms with van der Waals surface area (Å²) in [6.07, 6.45) is -1.28. The van der Waals surface area contributed by atoms with Crippen LogP contribution >= 0.6 is 0 Å². The number of esters is 3. The normalized spacial score (nSPS) is 11.1. The molecule has 0 heterocycles. The number of benzene rings is 2. The van der Waals surface area contributed by atoms with E-state index >= 15 is 0 Å². The van der Waals surface area contributed by atoms with E-state index in [9.17, 15) is 39.0 Å². The lowest BCUT2D eigenvalue weighted by atomic mass is 10.0. The summed E-state index contributed by atoms with van der Waals surface area (Å²) in [7, 11) is 0. The van der Waals surface area contributed by atoms with Crippen LogP contribution < -0.4 is 10.6 Å². The number of carbonyl (C=O) groups is 6. The Morgan fingerprint density at radius 3 is 1.23 bits per heavy atom.